The van der Waals surface area contributed by atoms with Crippen molar-refractivity contribution in [3.05, 3.63) is 47.5 Å². The number of hydrogen-bond donors (Lipinski definition) is 2. The summed E-state index contributed by atoms with van der Waals surface area (Å²) in [6, 6.07) is 6.19. The third-order valence-corrected chi connectivity index (χ3v) is 3.53. The Kier molecular flexibility index (Phi) is 4.75. The molecular weight excluding hydrogens is 270 g/mol. The molecule has 0 aliphatic heterocycles. The molecule has 21 heavy (non-hydrogen) atoms. The van der Waals surface area contributed by atoms with E-state index in [-0.39, 0.29) is 12.5 Å². The average molecular weight is 289 g/mol. The van der Waals surface area contributed by atoms with Gasteiger partial charge in [-0.15, -0.1) is 0 Å². The highest BCUT2D eigenvalue weighted by Gasteiger charge is 2.25. The summed E-state index contributed by atoms with van der Waals surface area (Å²) in [5, 5.41) is 13.0. The number of hydrogen-bond acceptors (Lipinski definition) is 4. The van der Waals surface area contributed by atoms with Gasteiger partial charge in [0.25, 0.3) is 5.91 Å². The largest absolute Gasteiger partial charge is 0.465 e. The van der Waals surface area contributed by atoms with Crippen LogP contribution in [0.15, 0.2) is 36.4 Å². The van der Waals surface area contributed by atoms with Gasteiger partial charge in [0.1, 0.15) is 0 Å². The van der Waals surface area contributed by atoms with E-state index in [9.17, 15) is 14.7 Å². The molecule has 0 aromatic heterocycles. The van der Waals surface area contributed by atoms with E-state index in [0.29, 0.717) is 17.5 Å². The van der Waals surface area contributed by atoms with E-state index in [2.05, 4.69) is 10.1 Å². The molecule has 0 saturated carbocycles. The molecule has 1 aromatic carbocycles. The van der Waals surface area contributed by atoms with Gasteiger partial charge >= 0.3 is 5.97 Å². The molecule has 1 amide bonds. The molecule has 1 aliphatic carbocycles. The molecule has 5 heteroatoms. The van der Waals surface area contributed by atoms with E-state index in [1.165, 1.54) is 19.2 Å². The van der Waals surface area contributed by atoms with Gasteiger partial charge in [-0.2, -0.15) is 0 Å². The highest BCUT2D eigenvalue weighted by molar-refractivity contribution is 5.96. The molecular formula is C16H19NO4. The molecule has 1 atom stereocenters. The Bertz CT molecular complexity index is 550. The maximum Gasteiger partial charge on any atom is 0.337 e. The molecule has 0 spiro atoms. The molecule has 0 fully saturated rings. The Hall–Kier alpha value is -2.14. The number of aliphatic hydroxyl groups is 1. The van der Waals surface area contributed by atoms with Crippen molar-refractivity contribution in [3.63, 3.8) is 0 Å². The molecule has 0 saturated heterocycles. The van der Waals surface area contributed by atoms with E-state index < -0.39 is 11.6 Å². The van der Waals surface area contributed by atoms with E-state index in [0.717, 1.165) is 12.8 Å². The smallest absolute Gasteiger partial charge is 0.337 e. The topological polar surface area (TPSA) is 75.6 Å². The van der Waals surface area contributed by atoms with Gasteiger partial charge in [-0.05, 0) is 43.5 Å². The van der Waals surface area contributed by atoms with Gasteiger partial charge in [0.2, 0.25) is 0 Å². The van der Waals surface area contributed by atoms with Gasteiger partial charge < -0.3 is 15.2 Å². The van der Waals surface area contributed by atoms with Crippen molar-refractivity contribution in [2.24, 2.45) is 0 Å². The van der Waals surface area contributed by atoms with Gasteiger partial charge in [0.05, 0.1) is 24.8 Å². The lowest BCUT2D eigenvalue weighted by Crippen LogP contribution is -2.42. The lowest BCUT2D eigenvalue weighted by atomic mass is 9.91. The molecule has 1 aliphatic rings. The van der Waals surface area contributed by atoms with Crippen molar-refractivity contribution in [2.75, 3.05) is 13.7 Å². The maximum atomic E-state index is 12.0. The number of esters is 1. The predicted octanol–water partition coefficient (Wildman–Crippen LogP) is 1.67. The summed E-state index contributed by atoms with van der Waals surface area (Å²) in [4.78, 5) is 23.3. The summed E-state index contributed by atoms with van der Waals surface area (Å²) in [5.41, 5.74) is -0.131. The monoisotopic (exact) mass is 289 g/mol. The minimum absolute atomic E-state index is 0.182. The zero-order valence-electron chi connectivity index (χ0n) is 12.0. The fraction of sp³-hybridized carbons (Fsp3) is 0.375. The quantitative estimate of drug-likeness (QED) is 0.653. The van der Waals surface area contributed by atoms with Crippen molar-refractivity contribution in [1.29, 1.82) is 0 Å². The lowest BCUT2D eigenvalue weighted by Gasteiger charge is -2.27. The first-order chi connectivity index (χ1) is 10.0. The molecule has 1 aromatic rings. The minimum atomic E-state index is -0.958. The Morgan fingerprint density at radius 3 is 2.52 bits per heavy atom. The van der Waals surface area contributed by atoms with Crippen LogP contribution < -0.4 is 5.32 Å². The highest BCUT2D eigenvalue weighted by Crippen LogP contribution is 2.21. The zero-order valence-corrected chi connectivity index (χ0v) is 12.0. The summed E-state index contributed by atoms with van der Waals surface area (Å²) in [6.45, 7) is 0.182. The molecule has 112 valence electrons. The van der Waals surface area contributed by atoms with Gasteiger partial charge in [-0.1, -0.05) is 12.2 Å². The van der Waals surface area contributed by atoms with Gasteiger partial charge in [-0.3, -0.25) is 4.79 Å². The van der Waals surface area contributed by atoms with Crippen molar-refractivity contribution < 1.29 is 19.4 Å². The van der Waals surface area contributed by atoms with E-state index in [4.69, 9.17) is 0 Å². The van der Waals surface area contributed by atoms with Crippen LogP contribution in [0.4, 0.5) is 0 Å². The lowest BCUT2D eigenvalue weighted by molar-refractivity contribution is 0.0600. The fourth-order valence-corrected chi connectivity index (χ4v) is 2.27. The summed E-state index contributed by atoms with van der Waals surface area (Å²) in [5.74, 6) is -0.720. The van der Waals surface area contributed by atoms with E-state index in [1.54, 1.807) is 18.2 Å². The van der Waals surface area contributed by atoms with Gasteiger partial charge in [0, 0.05) is 5.56 Å². The maximum absolute atomic E-state index is 12.0. The van der Waals surface area contributed by atoms with Crippen LogP contribution in [0.2, 0.25) is 0 Å². The highest BCUT2D eigenvalue weighted by atomic mass is 16.5. The number of ether oxygens (including phenoxy) is 1. The first-order valence-electron chi connectivity index (χ1n) is 6.91. The second-order valence-electron chi connectivity index (χ2n) is 5.15. The third kappa shape index (κ3) is 3.92. The second kappa shape index (κ2) is 6.54. The number of carbonyl (C=O) groups is 2. The van der Waals surface area contributed by atoms with Crippen LogP contribution in [-0.4, -0.2) is 36.2 Å². The molecule has 2 rings (SSSR count). The molecule has 0 radical (unpaired) electrons. The Morgan fingerprint density at radius 1 is 1.29 bits per heavy atom. The van der Waals surface area contributed by atoms with Crippen LogP contribution in [0.25, 0.3) is 0 Å². The SMILES string of the molecule is COC(=O)c1ccc(C(=O)NC[C@@]2(O)C=CCCC2)cc1. The first kappa shape index (κ1) is 15.3. The summed E-state index contributed by atoms with van der Waals surface area (Å²) >= 11 is 0. The van der Waals surface area contributed by atoms with Crippen molar-refractivity contribution in [1.82, 2.24) is 5.32 Å². The molecule has 5 nitrogen and oxygen atoms in total. The van der Waals surface area contributed by atoms with Crippen LogP contribution in [0, 0.1) is 0 Å². The number of rotatable bonds is 4. The van der Waals surface area contributed by atoms with Crippen LogP contribution >= 0.6 is 0 Å². The van der Waals surface area contributed by atoms with Crippen molar-refractivity contribution >= 4 is 11.9 Å². The Labute approximate surface area is 123 Å². The number of nitrogens with one attached hydrogen (secondary N) is 1. The van der Waals surface area contributed by atoms with Gasteiger partial charge in [0.15, 0.2) is 0 Å². The summed E-state index contributed by atoms with van der Waals surface area (Å²) in [7, 11) is 1.31. The predicted molar refractivity (Wildman–Crippen MR) is 78.1 cm³/mol. The van der Waals surface area contributed by atoms with Crippen LogP contribution in [0.5, 0.6) is 0 Å². The summed E-state index contributed by atoms with van der Waals surface area (Å²) in [6.07, 6.45) is 6.20. The average Bonchev–Trinajstić information content (AvgIpc) is 2.53. The van der Waals surface area contributed by atoms with Crippen LogP contribution in [0.1, 0.15) is 40.0 Å². The number of benzene rings is 1. The van der Waals surface area contributed by atoms with E-state index in [1.807, 2.05) is 6.08 Å². The molecule has 0 bridgehead atoms. The molecule has 0 heterocycles. The minimum Gasteiger partial charge on any atom is -0.465 e. The Morgan fingerprint density at radius 2 is 1.95 bits per heavy atom. The standard InChI is InChI=1S/C16H19NO4/c1-21-15(19)13-7-5-12(6-8-13)14(18)17-11-16(20)9-3-2-4-10-16/h3,5-9,20H,2,4,10-11H2,1H3,(H,17,18)/t16-/m1/s1. The van der Waals surface area contributed by atoms with Crippen LogP contribution in [0.3, 0.4) is 0 Å². The van der Waals surface area contributed by atoms with Crippen molar-refractivity contribution in [3.8, 4) is 0 Å². The third-order valence-electron chi connectivity index (χ3n) is 3.53. The number of methoxy groups -OCH3 is 1. The van der Waals surface area contributed by atoms with Crippen LogP contribution in [-0.2, 0) is 4.74 Å². The number of allylic oxidation sites excluding steroid dienone is 1. The normalized spacial score (nSPS) is 20.9. The second-order valence-corrected chi connectivity index (χ2v) is 5.15. The fourth-order valence-electron chi connectivity index (χ4n) is 2.27. The first-order valence-corrected chi connectivity index (χ1v) is 6.91. The Balaban J connectivity index is 1.95. The van der Waals surface area contributed by atoms with Crippen molar-refractivity contribution in [2.45, 2.75) is 24.9 Å². The summed E-state index contributed by atoms with van der Waals surface area (Å²) < 4.78 is 4.60. The zero-order chi connectivity index (χ0) is 15.3. The van der Waals surface area contributed by atoms with E-state index >= 15 is 0 Å². The molecule has 0 unspecified atom stereocenters. The molecule has 2 N–H and O–H groups in total. The van der Waals surface area contributed by atoms with Gasteiger partial charge in [-0.25, -0.2) is 4.79 Å². The number of amides is 1. The number of carbonyl (C=O) groups excluding carboxylic acids is 2.